The summed E-state index contributed by atoms with van der Waals surface area (Å²) in [6.45, 7) is 1.90. The van der Waals surface area contributed by atoms with Crippen molar-refractivity contribution >= 4 is 5.97 Å². The molecule has 0 aromatic carbocycles. The summed E-state index contributed by atoms with van der Waals surface area (Å²) < 4.78 is 4.83. The molecule has 1 aromatic heterocycles. The molecule has 1 aromatic rings. The Kier molecular flexibility index (Phi) is 2.42. The van der Waals surface area contributed by atoms with Crippen LogP contribution >= 0.6 is 0 Å². The average Bonchev–Trinajstić information content (AvgIpc) is 2.16. The van der Waals surface area contributed by atoms with Crippen molar-refractivity contribution < 1.29 is 9.53 Å². The van der Waals surface area contributed by atoms with E-state index >= 15 is 0 Å². The first kappa shape index (κ1) is 10.1. The average molecular weight is 206 g/mol. The Hall–Kier alpha value is -1.45. The summed E-state index contributed by atoms with van der Waals surface area (Å²) in [6, 6.07) is 1.83. The van der Waals surface area contributed by atoms with Crippen LogP contribution in [0.5, 0.6) is 0 Å². The highest BCUT2D eigenvalue weighted by molar-refractivity contribution is 5.83. The van der Waals surface area contributed by atoms with Gasteiger partial charge in [-0.3, -0.25) is 4.79 Å². The minimum atomic E-state index is -0.569. The third kappa shape index (κ3) is 1.50. The first-order chi connectivity index (χ1) is 7.19. The van der Waals surface area contributed by atoms with Crippen LogP contribution < -0.4 is 0 Å². The Balaban J connectivity index is 2.38. The summed E-state index contributed by atoms with van der Waals surface area (Å²) in [6.07, 6.45) is 4.32. The highest BCUT2D eigenvalue weighted by Gasteiger charge is 2.49. The first-order valence-electron chi connectivity index (χ1n) is 5.07. The standard InChI is InChI=1S/C11H14N2O2/c1-8-4-7-12-9(13-8)11(5-3-6-11)10(14)15-2/h4,7H,3,5-6H2,1-2H3. The van der Waals surface area contributed by atoms with Crippen LogP contribution in [0, 0.1) is 6.92 Å². The normalized spacial score (nSPS) is 18.0. The van der Waals surface area contributed by atoms with Crippen LogP contribution in [0.25, 0.3) is 0 Å². The Labute approximate surface area is 88.7 Å². The van der Waals surface area contributed by atoms with Crippen molar-refractivity contribution in [2.24, 2.45) is 0 Å². The monoisotopic (exact) mass is 206 g/mol. The first-order valence-corrected chi connectivity index (χ1v) is 5.07. The van der Waals surface area contributed by atoms with Crippen molar-refractivity contribution in [3.63, 3.8) is 0 Å². The fourth-order valence-corrected chi connectivity index (χ4v) is 1.92. The molecule has 0 unspecified atom stereocenters. The summed E-state index contributed by atoms with van der Waals surface area (Å²) in [5, 5.41) is 0. The molecule has 15 heavy (non-hydrogen) atoms. The van der Waals surface area contributed by atoms with E-state index in [0.29, 0.717) is 5.82 Å². The van der Waals surface area contributed by atoms with Gasteiger partial charge in [0.1, 0.15) is 11.2 Å². The van der Waals surface area contributed by atoms with Gasteiger partial charge in [-0.25, -0.2) is 9.97 Å². The summed E-state index contributed by atoms with van der Waals surface area (Å²) in [5.41, 5.74) is 0.316. The fourth-order valence-electron chi connectivity index (χ4n) is 1.92. The second-order valence-corrected chi connectivity index (χ2v) is 3.95. The van der Waals surface area contributed by atoms with Crippen LogP contribution in [-0.2, 0) is 14.9 Å². The van der Waals surface area contributed by atoms with Crippen LogP contribution in [0.1, 0.15) is 30.8 Å². The Morgan fingerprint density at radius 1 is 1.53 bits per heavy atom. The van der Waals surface area contributed by atoms with E-state index in [0.717, 1.165) is 25.0 Å². The molecule has 2 rings (SSSR count). The topological polar surface area (TPSA) is 52.1 Å². The molecule has 0 amide bonds. The van der Waals surface area contributed by atoms with Gasteiger partial charge in [-0.05, 0) is 25.8 Å². The van der Waals surface area contributed by atoms with Gasteiger partial charge in [0.05, 0.1) is 7.11 Å². The smallest absolute Gasteiger partial charge is 0.319 e. The Morgan fingerprint density at radius 3 is 2.73 bits per heavy atom. The molecule has 0 saturated heterocycles. The number of methoxy groups -OCH3 is 1. The SMILES string of the molecule is COC(=O)C1(c2nccc(C)n2)CCC1. The number of carbonyl (C=O) groups is 1. The predicted molar refractivity (Wildman–Crippen MR) is 54.3 cm³/mol. The van der Waals surface area contributed by atoms with E-state index in [1.165, 1.54) is 7.11 Å². The van der Waals surface area contributed by atoms with Crippen LogP contribution in [0.3, 0.4) is 0 Å². The van der Waals surface area contributed by atoms with Crippen LogP contribution in [0.15, 0.2) is 12.3 Å². The van der Waals surface area contributed by atoms with Gasteiger partial charge in [0.25, 0.3) is 0 Å². The number of aryl methyl sites for hydroxylation is 1. The number of aromatic nitrogens is 2. The zero-order valence-corrected chi connectivity index (χ0v) is 8.99. The van der Waals surface area contributed by atoms with Gasteiger partial charge in [-0.15, -0.1) is 0 Å². The third-order valence-corrected chi connectivity index (χ3v) is 3.01. The van der Waals surface area contributed by atoms with Gasteiger partial charge in [-0.1, -0.05) is 6.42 Å². The molecule has 1 aliphatic rings. The van der Waals surface area contributed by atoms with Crippen LogP contribution in [0.2, 0.25) is 0 Å². The van der Waals surface area contributed by atoms with Crippen molar-refractivity contribution in [1.82, 2.24) is 9.97 Å². The van der Waals surface area contributed by atoms with Crippen LogP contribution in [0.4, 0.5) is 0 Å². The summed E-state index contributed by atoms with van der Waals surface area (Å²) in [7, 11) is 1.41. The zero-order chi connectivity index (χ0) is 10.9. The van der Waals surface area contributed by atoms with Crippen molar-refractivity contribution in [3.8, 4) is 0 Å². The van der Waals surface area contributed by atoms with E-state index in [2.05, 4.69) is 9.97 Å². The molecule has 80 valence electrons. The molecule has 0 radical (unpaired) electrons. The quantitative estimate of drug-likeness (QED) is 0.686. The molecule has 1 aliphatic carbocycles. The molecule has 4 nitrogen and oxygen atoms in total. The van der Waals surface area contributed by atoms with E-state index < -0.39 is 5.41 Å². The molecule has 0 bridgehead atoms. The summed E-state index contributed by atoms with van der Waals surface area (Å²) in [5.74, 6) is 0.403. The minimum absolute atomic E-state index is 0.209. The van der Waals surface area contributed by atoms with Crippen LogP contribution in [-0.4, -0.2) is 23.0 Å². The van der Waals surface area contributed by atoms with Gasteiger partial charge in [0, 0.05) is 11.9 Å². The molecule has 1 fully saturated rings. The lowest BCUT2D eigenvalue weighted by molar-refractivity contribution is -0.151. The van der Waals surface area contributed by atoms with E-state index in [1.807, 2.05) is 13.0 Å². The summed E-state index contributed by atoms with van der Waals surface area (Å²) >= 11 is 0. The van der Waals surface area contributed by atoms with Gasteiger partial charge in [-0.2, -0.15) is 0 Å². The van der Waals surface area contributed by atoms with E-state index in [4.69, 9.17) is 4.74 Å². The fraction of sp³-hybridized carbons (Fsp3) is 0.545. The maximum Gasteiger partial charge on any atom is 0.319 e. The molecular weight excluding hydrogens is 192 g/mol. The number of rotatable bonds is 2. The second-order valence-electron chi connectivity index (χ2n) is 3.95. The molecule has 0 spiro atoms. The van der Waals surface area contributed by atoms with E-state index in [9.17, 15) is 4.79 Å². The molecule has 1 heterocycles. The molecule has 1 saturated carbocycles. The van der Waals surface area contributed by atoms with Crippen molar-refractivity contribution in [2.45, 2.75) is 31.6 Å². The lowest BCUT2D eigenvalue weighted by atomic mass is 9.68. The van der Waals surface area contributed by atoms with E-state index in [1.54, 1.807) is 6.20 Å². The number of hydrogen-bond donors (Lipinski definition) is 0. The lowest BCUT2D eigenvalue weighted by Crippen LogP contribution is -2.44. The number of carbonyl (C=O) groups excluding carboxylic acids is 1. The lowest BCUT2D eigenvalue weighted by Gasteiger charge is -2.37. The highest BCUT2D eigenvalue weighted by atomic mass is 16.5. The van der Waals surface area contributed by atoms with Gasteiger partial charge in [0.2, 0.25) is 0 Å². The molecule has 0 atom stereocenters. The largest absolute Gasteiger partial charge is 0.468 e. The Bertz CT molecular complexity index is 386. The second kappa shape index (κ2) is 3.61. The maximum absolute atomic E-state index is 11.7. The van der Waals surface area contributed by atoms with Gasteiger partial charge < -0.3 is 4.74 Å². The predicted octanol–water partition coefficient (Wildman–Crippen LogP) is 1.38. The maximum atomic E-state index is 11.7. The number of nitrogens with zero attached hydrogens (tertiary/aromatic N) is 2. The molecule has 0 aliphatic heterocycles. The third-order valence-electron chi connectivity index (χ3n) is 3.01. The minimum Gasteiger partial charge on any atom is -0.468 e. The molecule has 0 N–H and O–H groups in total. The van der Waals surface area contributed by atoms with E-state index in [-0.39, 0.29) is 5.97 Å². The number of hydrogen-bond acceptors (Lipinski definition) is 4. The number of esters is 1. The van der Waals surface area contributed by atoms with Gasteiger partial charge in [0.15, 0.2) is 0 Å². The van der Waals surface area contributed by atoms with Crippen molar-refractivity contribution in [1.29, 1.82) is 0 Å². The molecular formula is C11H14N2O2. The van der Waals surface area contributed by atoms with Crippen molar-refractivity contribution in [3.05, 3.63) is 23.8 Å². The Morgan fingerprint density at radius 2 is 2.27 bits per heavy atom. The van der Waals surface area contributed by atoms with Gasteiger partial charge >= 0.3 is 5.97 Å². The molecule has 4 heteroatoms. The zero-order valence-electron chi connectivity index (χ0n) is 8.99. The summed E-state index contributed by atoms with van der Waals surface area (Å²) in [4.78, 5) is 20.2. The number of ether oxygens (including phenoxy) is 1. The van der Waals surface area contributed by atoms with Crippen molar-refractivity contribution in [2.75, 3.05) is 7.11 Å². The highest BCUT2D eigenvalue weighted by Crippen LogP contribution is 2.42.